The highest BCUT2D eigenvalue weighted by molar-refractivity contribution is 5.69. The number of hydrogen-bond donors (Lipinski definition) is 0. The number of benzene rings is 2. The molecule has 23 heavy (non-hydrogen) atoms. The molecule has 2 heterocycles. The normalized spacial score (nSPS) is 10.8. The molecule has 0 aliphatic heterocycles. The van der Waals surface area contributed by atoms with E-state index in [2.05, 4.69) is 22.1 Å². The number of imidazole rings is 1. The van der Waals surface area contributed by atoms with Gasteiger partial charge in [-0.1, -0.05) is 60.7 Å². The average Bonchev–Trinajstić information content (AvgIpc) is 3.06. The van der Waals surface area contributed by atoms with Crippen LogP contribution in [0.3, 0.4) is 0 Å². The Bertz CT molecular complexity index is 946. The highest BCUT2D eigenvalue weighted by Crippen LogP contribution is 2.28. The van der Waals surface area contributed by atoms with E-state index in [9.17, 15) is 0 Å². The summed E-state index contributed by atoms with van der Waals surface area (Å²) in [6.45, 7) is 0. The summed E-state index contributed by atoms with van der Waals surface area (Å²) in [4.78, 5) is 9.07. The molecule has 4 nitrogen and oxygen atoms in total. The molecule has 4 aromatic rings. The third-order valence-corrected chi connectivity index (χ3v) is 3.79. The summed E-state index contributed by atoms with van der Waals surface area (Å²) in [5, 5.41) is 0. The van der Waals surface area contributed by atoms with Gasteiger partial charge in [0.15, 0.2) is 0 Å². The lowest BCUT2D eigenvalue weighted by atomic mass is 10.1. The average molecular weight is 301 g/mol. The van der Waals surface area contributed by atoms with Gasteiger partial charge in [-0.2, -0.15) is 0 Å². The molecule has 0 bridgehead atoms. The molecular weight excluding hydrogens is 286 g/mol. The van der Waals surface area contributed by atoms with Gasteiger partial charge in [-0.25, -0.2) is 9.97 Å². The molecule has 0 saturated carbocycles. The maximum atomic E-state index is 5.44. The lowest BCUT2D eigenvalue weighted by molar-refractivity contribution is 0.400. The maximum absolute atomic E-state index is 5.44. The molecule has 4 rings (SSSR count). The Morgan fingerprint density at radius 2 is 1.52 bits per heavy atom. The fraction of sp³-hybridized carbons (Fsp3) is 0.0526. The molecule has 0 N–H and O–H groups in total. The highest BCUT2D eigenvalue weighted by Gasteiger charge is 2.13. The second-order valence-electron chi connectivity index (χ2n) is 5.20. The summed E-state index contributed by atoms with van der Waals surface area (Å²) in [6.07, 6.45) is 3.85. The fourth-order valence-electron chi connectivity index (χ4n) is 2.67. The summed E-state index contributed by atoms with van der Waals surface area (Å²) in [5.74, 6) is 0.522. The number of hydrogen-bond acceptors (Lipinski definition) is 3. The third-order valence-electron chi connectivity index (χ3n) is 3.79. The zero-order valence-corrected chi connectivity index (χ0v) is 12.7. The first kappa shape index (κ1) is 13.5. The summed E-state index contributed by atoms with van der Waals surface area (Å²) < 4.78 is 7.48. The van der Waals surface area contributed by atoms with Crippen molar-refractivity contribution in [1.82, 2.24) is 14.4 Å². The van der Waals surface area contributed by atoms with Crippen molar-refractivity contribution in [2.75, 3.05) is 7.11 Å². The van der Waals surface area contributed by atoms with E-state index in [4.69, 9.17) is 4.74 Å². The van der Waals surface area contributed by atoms with Crippen molar-refractivity contribution in [1.29, 1.82) is 0 Å². The Balaban J connectivity index is 1.98. The predicted molar refractivity (Wildman–Crippen MR) is 90.4 cm³/mol. The predicted octanol–water partition coefficient (Wildman–Crippen LogP) is 4.07. The van der Waals surface area contributed by atoms with E-state index in [0.29, 0.717) is 11.5 Å². The number of aromatic nitrogens is 3. The monoisotopic (exact) mass is 301 g/mol. The third kappa shape index (κ3) is 2.34. The van der Waals surface area contributed by atoms with Crippen LogP contribution in [0.2, 0.25) is 0 Å². The van der Waals surface area contributed by atoms with Gasteiger partial charge in [0.2, 0.25) is 5.65 Å². The largest absolute Gasteiger partial charge is 0.478 e. The molecule has 0 amide bonds. The minimum absolute atomic E-state index is 0.522. The van der Waals surface area contributed by atoms with Crippen molar-refractivity contribution < 1.29 is 4.74 Å². The molecule has 112 valence electrons. The maximum Gasteiger partial charge on any atom is 0.258 e. The Morgan fingerprint density at radius 3 is 2.17 bits per heavy atom. The van der Waals surface area contributed by atoms with Gasteiger partial charge >= 0.3 is 0 Å². The summed E-state index contributed by atoms with van der Waals surface area (Å²) in [5.41, 5.74) is 4.72. The molecule has 0 aliphatic carbocycles. The topological polar surface area (TPSA) is 39.4 Å². The first-order valence-electron chi connectivity index (χ1n) is 7.40. The van der Waals surface area contributed by atoms with Crippen LogP contribution in [-0.4, -0.2) is 21.5 Å². The van der Waals surface area contributed by atoms with Crippen molar-refractivity contribution in [3.05, 3.63) is 73.1 Å². The van der Waals surface area contributed by atoms with Gasteiger partial charge in [-0.05, 0) is 0 Å². The van der Waals surface area contributed by atoms with Crippen LogP contribution in [0.15, 0.2) is 73.1 Å². The summed E-state index contributed by atoms with van der Waals surface area (Å²) in [6, 6.07) is 20.2. The van der Waals surface area contributed by atoms with Gasteiger partial charge in [0.05, 0.1) is 24.7 Å². The molecule has 0 fully saturated rings. The highest BCUT2D eigenvalue weighted by atomic mass is 16.5. The first-order valence-corrected chi connectivity index (χ1v) is 7.40. The van der Waals surface area contributed by atoms with E-state index in [1.807, 2.05) is 65.3 Å². The fourth-order valence-corrected chi connectivity index (χ4v) is 2.67. The lowest BCUT2D eigenvalue weighted by Crippen LogP contribution is -1.98. The number of fused-ring (bicyclic) bond motifs is 1. The molecular formula is C19H15N3O. The SMILES string of the molecule is COc1nc(-c2ccccc2)cn2c(-c3ccccc3)cnc12. The van der Waals surface area contributed by atoms with Gasteiger partial charge in [0.1, 0.15) is 0 Å². The van der Waals surface area contributed by atoms with Crippen LogP contribution < -0.4 is 4.74 Å². The Morgan fingerprint density at radius 1 is 0.870 bits per heavy atom. The molecule has 0 aliphatic rings. The van der Waals surface area contributed by atoms with E-state index < -0.39 is 0 Å². The standard InChI is InChI=1S/C19H15N3O/c1-23-19-18-20-12-17(15-10-6-3-7-11-15)22(18)13-16(21-19)14-8-4-2-5-9-14/h2-13H,1H3. The number of methoxy groups -OCH3 is 1. The molecule has 0 spiro atoms. The number of nitrogens with zero attached hydrogens (tertiary/aromatic N) is 3. The van der Waals surface area contributed by atoms with E-state index in [1.54, 1.807) is 7.11 Å². The first-order chi connectivity index (χ1) is 11.4. The Kier molecular flexibility index (Phi) is 3.27. The van der Waals surface area contributed by atoms with Crippen molar-refractivity contribution in [2.24, 2.45) is 0 Å². The van der Waals surface area contributed by atoms with Gasteiger partial charge < -0.3 is 4.74 Å². The van der Waals surface area contributed by atoms with Crippen LogP contribution in [0, 0.1) is 0 Å². The second-order valence-corrected chi connectivity index (χ2v) is 5.20. The Labute approximate surface area is 134 Å². The van der Waals surface area contributed by atoms with Gasteiger partial charge in [-0.15, -0.1) is 0 Å². The molecule has 2 aromatic heterocycles. The summed E-state index contributed by atoms with van der Waals surface area (Å²) >= 11 is 0. The smallest absolute Gasteiger partial charge is 0.258 e. The van der Waals surface area contributed by atoms with Crippen LogP contribution in [-0.2, 0) is 0 Å². The zero-order chi connectivity index (χ0) is 15.6. The number of rotatable bonds is 3. The van der Waals surface area contributed by atoms with Crippen molar-refractivity contribution >= 4 is 5.65 Å². The molecule has 0 radical (unpaired) electrons. The van der Waals surface area contributed by atoms with Crippen LogP contribution in [0.1, 0.15) is 0 Å². The molecule has 2 aromatic carbocycles. The van der Waals surface area contributed by atoms with Crippen LogP contribution in [0.25, 0.3) is 28.2 Å². The zero-order valence-electron chi connectivity index (χ0n) is 12.7. The van der Waals surface area contributed by atoms with Gasteiger partial charge in [-0.3, -0.25) is 4.40 Å². The second kappa shape index (κ2) is 5.57. The quantitative estimate of drug-likeness (QED) is 0.572. The molecule has 0 saturated heterocycles. The number of ether oxygens (including phenoxy) is 1. The van der Waals surface area contributed by atoms with Crippen molar-refractivity contribution in [2.45, 2.75) is 0 Å². The van der Waals surface area contributed by atoms with Gasteiger partial charge in [0.25, 0.3) is 5.88 Å². The van der Waals surface area contributed by atoms with Crippen LogP contribution in [0.5, 0.6) is 5.88 Å². The minimum Gasteiger partial charge on any atom is -0.478 e. The van der Waals surface area contributed by atoms with Crippen molar-refractivity contribution in [3.63, 3.8) is 0 Å². The van der Waals surface area contributed by atoms with Crippen molar-refractivity contribution in [3.8, 4) is 28.4 Å². The summed E-state index contributed by atoms with van der Waals surface area (Å²) in [7, 11) is 1.62. The Hall–Kier alpha value is -3.14. The van der Waals surface area contributed by atoms with E-state index in [0.717, 1.165) is 22.5 Å². The lowest BCUT2D eigenvalue weighted by Gasteiger charge is -2.08. The van der Waals surface area contributed by atoms with Gasteiger partial charge in [0, 0.05) is 17.3 Å². The molecule has 0 atom stereocenters. The molecule has 4 heteroatoms. The van der Waals surface area contributed by atoms with E-state index in [-0.39, 0.29) is 0 Å². The minimum atomic E-state index is 0.522. The van der Waals surface area contributed by atoms with Crippen LogP contribution in [0.4, 0.5) is 0 Å². The van der Waals surface area contributed by atoms with E-state index >= 15 is 0 Å². The van der Waals surface area contributed by atoms with E-state index in [1.165, 1.54) is 0 Å². The molecule has 0 unspecified atom stereocenters. The van der Waals surface area contributed by atoms with Crippen LogP contribution >= 0.6 is 0 Å².